The van der Waals surface area contributed by atoms with E-state index in [1.165, 1.54) is 22.3 Å². The Morgan fingerprint density at radius 2 is 0.688 bits per heavy atom. The van der Waals surface area contributed by atoms with Crippen molar-refractivity contribution in [1.29, 1.82) is 0 Å². The van der Waals surface area contributed by atoms with Crippen molar-refractivity contribution in [2.45, 2.75) is 105 Å². The molecule has 0 aromatic heterocycles. The number of carbonyl (C=O) groups excluding carboxylic acids is 1. The van der Waals surface area contributed by atoms with E-state index in [2.05, 4.69) is 130 Å². The fourth-order valence-corrected chi connectivity index (χ4v) is 3.43. The van der Waals surface area contributed by atoms with Gasteiger partial charge in [0.1, 0.15) is 0 Å². The molecule has 0 atom stereocenters. The number of amides is 2. The van der Waals surface area contributed by atoms with Gasteiger partial charge in [0.2, 0.25) is 0 Å². The maximum atomic E-state index is 13.0. The topological polar surface area (TPSA) is 41.1 Å². The monoisotopic (exact) mass is 436 g/mol. The number of hydrogen-bond donors (Lipinski definition) is 2. The van der Waals surface area contributed by atoms with Crippen LogP contribution in [0.2, 0.25) is 0 Å². The molecule has 32 heavy (non-hydrogen) atoms. The van der Waals surface area contributed by atoms with Crippen LogP contribution in [0.4, 0.5) is 16.2 Å². The van der Waals surface area contributed by atoms with Gasteiger partial charge in [-0.05, 0) is 68.2 Å². The van der Waals surface area contributed by atoms with E-state index >= 15 is 0 Å². The summed E-state index contributed by atoms with van der Waals surface area (Å²) in [6.07, 6.45) is 0. The standard InChI is InChI=1S/C29H44N2O/c1-26(2,3)19-13-20(27(4,5)6)16-23(15-19)30-25(32)31-24-17-21(28(7,8)9)14-22(18-24)29(10,11)12/h13-18H,1-12H3,(H2,30,31,32). The minimum atomic E-state index is -0.221. The maximum absolute atomic E-state index is 13.0. The normalized spacial score (nSPS) is 13.1. The van der Waals surface area contributed by atoms with Crippen molar-refractivity contribution >= 4 is 17.4 Å². The highest BCUT2D eigenvalue weighted by atomic mass is 16.2. The minimum absolute atomic E-state index is 0.00316. The first-order valence-corrected chi connectivity index (χ1v) is 11.7. The van der Waals surface area contributed by atoms with Gasteiger partial charge < -0.3 is 10.6 Å². The van der Waals surface area contributed by atoms with E-state index in [1.807, 2.05) is 0 Å². The van der Waals surface area contributed by atoms with E-state index in [4.69, 9.17) is 0 Å². The van der Waals surface area contributed by atoms with Crippen molar-refractivity contribution in [2.24, 2.45) is 0 Å². The van der Waals surface area contributed by atoms with Gasteiger partial charge >= 0.3 is 6.03 Å². The van der Waals surface area contributed by atoms with Gasteiger partial charge in [0.05, 0.1) is 0 Å². The first-order chi connectivity index (χ1) is 14.3. The van der Waals surface area contributed by atoms with Crippen LogP contribution in [0.5, 0.6) is 0 Å². The quantitative estimate of drug-likeness (QED) is 0.486. The third-order valence-corrected chi connectivity index (χ3v) is 5.85. The smallest absolute Gasteiger partial charge is 0.308 e. The second kappa shape index (κ2) is 8.57. The number of benzene rings is 2. The molecule has 2 amide bonds. The van der Waals surface area contributed by atoms with Gasteiger partial charge in [-0.1, -0.05) is 95.2 Å². The van der Waals surface area contributed by atoms with Gasteiger partial charge in [-0.25, -0.2) is 4.79 Å². The minimum Gasteiger partial charge on any atom is -0.308 e. The molecule has 0 saturated heterocycles. The summed E-state index contributed by atoms with van der Waals surface area (Å²) in [4.78, 5) is 13.0. The summed E-state index contributed by atoms with van der Waals surface area (Å²) in [6.45, 7) is 26.4. The Hall–Kier alpha value is -2.29. The Balaban J connectivity index is 2.39. The number of rotatable bonds is 2. The van der Waals surface area contributed by atoms with Crippen LogP contribution >= 0.6 is 0 Å². The van der Waals surface area contributed by atoms with Crippen LogP contribution in [-0.4, -0.2) is 6.03 Å². The van der Waals surface area contributed by atoms with Gasteiger partial charge in [0, 0.05) is 11.4 Å². The van der Waals surface area contributed by atoms with Crippen LogP contribution in [0.1, 0.15) is 105 Å². The van der Waals surface area contributed by atoms with E-state index in [0.717, 1.165) is 11.4 Å². The van der Waals surface area contributed by atoms with E-state index in [1.54, 1.807) is 0 Å². The number of carbonyl (C=O) groups is 1. The highest BCUT2D eigenvalue weighted by Crippen LogP contribution is 2.33. The molecule has 2 N–H and O–H groups in total. The molecule has 3 heteroatoms. The molecule has 3 nitrogen and oxygen atoms in total. The first-order valence-electron chi connectivity index (χ1n) is 11.7. The molecule has 0 unspecified atom stereocenters. The SMILES string of the molecule is CC(C)(C)c1cc(NC(=O)Nc2cc(C(C)(C)C)cc(C(C)(C)C)c2)cc(C(C)(C)C)c1. The lowest BCUT2D eigenvalue weighted by Gasteiger charge is -2.27. The molecule has 176 valence electrons. The second-order valence-electron chi connectivity index (χ2n) is 13.2. The molecule has 0 aliphatic carbocycles. The van der Waals surface area contributed by atoms with E-state index < -0.39 is 0 Å². The summed E-state index contributed by atoms with van der Waals surface area (Å²) in [5.74, 6) is 0. The molecule has 2 aromatic rings. The highest BCUT2D eigenvalue weighted by Gasteiger charge is 2.23. The zero-order valence-electron chi connectivity index (χ0n) is 22.4. The molecule has 0 heterocycles. The summed E-state index contributed by atoms with van der Waals surface area (Å²) in [6, 6.07) is 12.6. The van der Waals surface area contributed by atoms with Crippen LogP contribution in [0.25, 0.3) is 0 Å². The lowest BCUT2D eigenvalue weighted by Crippen LogP contribution is -2.23. The number of nitrogens with one attached hydrogen (secondary N) is 2. The second-order valence-corrected chi connectivity index (χ2v) is 13.2. The third-order valence-electron chi connectivity index (χ3n) is 5.85. The number of hydrogen-bond acceptors (Lipinski definition) is 1. The predicted molar refractivity (Wildman–Crippen MR) is 140 cm³/mol. The van der Waals surface area contributed by atoms with Gasteiger partial charge in [-0.15, -0.1) is 0 Å². The van der Waals surface area contributed by atoms with E-state index in [-0.39, 0.29) is 27.7 Å². The molecule has 0 fully saturated rings. The maximum Gasteiger partial charge on any atom is 0.323 e. The lowest BCUT2D eigenvalue weighted by atomic mass is 9.80. The summed E-state index contributed by atoms with van der Waals surface area (Å²) < 4.78 is 0. The molecule has 0 aliphatic rings. The van der Waals surface area contributed by atoms with E-state index in [9.17, 15) is 4.79 Å². The Labute approximate surface area is 196 Å². The van der Waals surface area contributed by atoms with Gasteiger partial charge in [-0.3, -0.25) is 0 Å². The average Bonchev–Trinajstić information content (AvgIpc) is 2.58. The largest absolute Gasteiger partial charge is 0.323 e. The zero-order valence-corrected chi connectivity index (χ0v) is 22.4. The van der Waals surface area contributed by atoms with Crippen molar-refractivity contribution < 1.29 is 4.79 Å². The summed E-state index contributed by atoms with van der Waals surface area (Å²) in [5.41, 5.74) is 6.48. The third kappa shape index (κ3) is 6.85. The van der Waals surface area contributed by atoms with Crippen molar-refractivity contribution in [1.82, 2.24) is 0 Å². The van der Waals surface area contributed by atoms with Crippen LogP contribution < -0.4 is 10.6 Å². The van der Waals surface area contributed by atoms with Crippen LogP contribution in [0, 0.1) is 0 Å². The van der Waals surface area contributed by atoms with Gasteiger partial charge in [0.25, 0.3) is 0 Å². The lowest BCUT2D eigenvalue weighted by molar-refractivity contribution is 0.262. The van der Waals surface area contributed by atoms with Crippen molar-refractivity contribution in [3.05, 3.63) is 58.7 Å². The van der Waals surface area contributed by atoms with Crippen LogP contribution in [-0.2, 0) is 21.7 Å². The summed E-state index contributed by atoms with van der Waals surface area (Å²) in [5, 5.41) is 6.16. The van der Waals surface area contributed by atoms with Crippen LogP contribution in [0.15, 0.2) is 36.4 Å². The van der Waals surface area contributed by atoms with Crippen molar-refractivity contribution in [3.8, 4) is 0 Å². The zero-order chi connectivity index (χ0) is 24.7. The fraction of sp³-hybridized carbons (Fsp3) is 0.552. The Kier molecular flexibility index (Phi) is 6.96. The number of anilines is 2. The average molecular weight is 437 g/mol. The van der Waals surface area contributed by atoms with Gasteiger partial charge in [0.15, 0.2) is 0 Å². The fourth-order valence-electron chi connectivity index (χ4n) is 3.43. The van der Waals surface area contributed by atoms with E-state index in [0.29, 0.717) is 0 Å². The molecular weight excluding hydrogens is 392 g/mol. The molecule has 0 bridgehead atoms. The first kappa shape index (κ1) is 26.0. The Morgan fingerprint density at radius 3 is 0.875 bits per heavy atom. The molecule has 0 radical (unpaired) electrons. The Morgan fingerprint density at radius 1 is 0.469 bits per heavy atom. The van der Waals surface area contributed by atoms with Crippen molar-refractivity contribution in [3.63, 3.8) is 0 Å². The molecule has 0 spiro atoms. The predicted octanol–water partition coefficient (Wildman–Crippen LogP) is 8.52. The molecule has 0 aliphatic heterocycles. The summed E-state index contributed by atoms with van der Waals surface area (Å²) in [7, 11) is 0. The molecule has 2 aromatic carbocycles. The van der Waals surface area contributed by atoms with Crippen LogP contribution in [0.3, 0.4) is 0 Å². The Bertz CT molecular complexity index is 830. The molecule has 2 rings (SSSR count). The molecule has 0 saturated carbocycles. The highest BCUT2D eigenvalue weighted by molar-refractivity contribution is 6.00. The van der Waals surface area contributed by atoms with Gasteiger partial charge in [-0.2, -0.15) is 0 Å². The molecular formula is C29H44N2O. The number of urea groups is 1. The van der Waals surface area contributed by atoms with Crippen molar-refractivity contribution in [2.75, 3.05) is 10.6 Å². The summed E-state index contributed by atoms with van der Waals surface area (Å²) >= 11 is 0.